The van der Waals surface area contributed by atoms with Crippen molar-refractivity contribution in [2.75, 3.05) is 6.61 Å². The van der Waals surface area contributed by atoms with Crippen molar-refractivity contribution < 1.29 is 19.1 Å². The first kappa shape index (κ1) is 14.0. The van der Waals surface area contributed by atoms with Crippen LogP contribution in [-0.2, 0) is 24.5 Å². The molecule has 0 spiro atoms. The van der Waals surface area contributed by atoms with Crippen LogP contribution in [0.5, 0.6) is 0 Å². The van der Waals surface area contributed by atoms with Crippen molar-refractivity contribution >= 4 is 17.5 Å². The summed E-state index contributed by atoms with van der Waals surface area (Å²) in [5.74, 6) is -2.05. The number of nitrogens with zero attached hydrogens (tertiary/aromatic N) is 1. The minimum Gasteiger partial charge on any atom is -0.465 e. The summed E-state index contributed by atoms with van der Waals surface area (Å²) in [6.07, 6.45) is 1.43. The molecule has 0 unspecified atom stereocenters. The minimum absolute atomic E-state index is 0.0912. The summed E-state index contributed by atoms with van der Waals surface area (Å²) in [6, 6.07) is 4.72. The number of esters is 1. The van der Waals surface area contributed by atoms with Gasteiger partial charge >= 0.3 is 5.97 Å². The van der Waals surface area contributed by atoms with Crippen molar-refractivity contribution in [3.05, 3.63) is 30.1 Å². The number of Topliss-reactive ketones (excluding diaryl/α,β-unsaturated/α-hetero) is 2. The molecule has 0 fully saturated rings. The molecule has 96 valence electrons. The zero-order valence-corrected chi connectivity index (χ0v) is 10.6. The van der Waals surface area contributed by atoms with Crippen LogP contribution in [0.15, 0.2) is 24.4 Å². The highest BCUT2D eigenvalue weighted by molar-refractivity contribution is 6.26. The van der Waals surface area contributed by atoms with E-state index in [0.29, 0.717) is 0 Å². The predicted molar refractivity (Wildman–Crippen MR) is 63.9 cm³/mol. The van der Waals surface area contributed by atoms with Gasteiger partial charge in [-0.3, -0.25) is 19.4 Å². The second-order valence-electron chi connectivity index (χ2n) is 3.80. The second-order valence-corrected chi connectivity index (χ2v) is 3.80. The zero-order chi connectivity index (χ0) is 13.8. The Kier molecular flexibility index (Phi) is 4.31. The fourth-order valence-electron chi connectivity index (χ4n) is 1.82. The maximum Gasteiger partial charge on any atom is 0.333 e. The predicted octanol–water partition coefficient (Wildman–Crippen LogP) is 1.06. The van der Waals surface area contributed by atoms with Crippen LogP contribution in [0.25, 0.3) is 0 Å². The molecule has 0 aromatic carbocycles. The van der Waals surface area contributed by atoms with Crippen LogP contribution in [0.2, 0.25) is 0 Å². The summed E-state index contributed by atoms with van der Waals surface area (Å²) in [6.45, 7) is 4.08. The molecule has 1 rings (SSSR count). The second kappa shape index (κ2) is 5.53. The lowest BCUT2D eigenvalue weighted by Crippen LogP contribution is -2.50. The van der Waals surface area contributed by atoms with Gasteiger partial charge in [-0.25, -0.2) is 0 Å². The lowest BCUT2D eigenvalue weighted by Gasteiger charge is -2.25. The first-order valence-corrected chi connectivity index (χ1v) is 5.58. The lowest BCUT2D eigenvalue weighted by atomic mass is 9.77. The average Bonchev–Trinajstić information content (AvgIpc) is 2.30. The highest BCUT2D eigenvalue weighted by Gasteiger charge is 2.52. The number of ketones is 2. The molecular formula is C13H15NO4. The molecule has 0 radical (unpaired) electrons. The van der Waals surface area contributed by atoms with Gasteiger partial charge in [0.1, 0.15) is 0 Å². The molecule has 0 atom stereocenters. The molecular weight excluding hydrogens is 234 g/mol. The van der Waals surface area contributed by atoms with Crippen LogP contribution < -0.4 is 0 Å². The van der Waals surface area contributed by atoms with Crippen molar-refractivity contribution in [2.45, 2.75) is 26.2 Å². The number of carbonyl (C=O) groups excluding carboxylic acids is 3. The highest BCUT2D eigenvalue weighted by atomic mass is 16.5. The molecule has 5 nitrogen and oxygen atoms in total. The maximum atomic E-state index is 12.0. The van der Waals surface area contributed by atoms with Gasteiger partial charge in [0.15, 0.2) is 11.6 Å². The third-order valence-corrected chi connectivity index (χ3v) is 2.69. The minimum atomic E-state index is -1.95. The summed E-state index contributed by atoms with van der Waals surface area (Å²) in [5, 5.41) is 0. The van der Waals surface area contributed by atoms with Crippen LogP contribution in [0, 0.1) is 0 Å². The molecule has 0 aliphatic rings. The van der Waals surface area contributed by atoms with Crippen molar-refractivity contribution in [1.82, 2.24) is 4.98 Å². The quantitative estimate of drug-likeness (QED) is 0.576. The van der Waals surface area contributed by atoms with Crippen molar-refractivity contribution in [3.63, 3.8) is 0 Å². The van der Waals surface area contributed by atoms with E-state index < -0.39 is 23.0 Å². The standard InChI is InChI=1S/C13H15NO4/c1-4-18-12(17)13(9(2)15,10(3)16)11-7-5-6-8-14-11/h5-8H,4H2,1-3H3. The molecule has 1 aromatic heterocycles. The van der Waals surface area contributed by atoms with E-state index in [4.69, 9.17) is 4.74 Å². The van der Waals surface area contributed by atoms with Crippen LogP contribution >= 0.6 is 0 Å². The molecule has 1 heterocycles. The Morgan fingerprint density at radius 3 is 2.22 bits per heavy atom. The summed E-state index contributed by atoms with van der Waals surface area (Å²) >= 11 is 0. The fourth-order valence-corrected chi connectivity index (χ4v) is 1.82. The topological polar surface area (TPSA) is 73.3 Å². The molecule has 0 aliphatic carbocycles. The largest absolute Gasteiger partial charge is 0.465 e. The van der Waals surface area contributed by atoms with Crippen LogP contribution in [0.4, 0.5) is 0 Å². The van der Waals surface area contributed by atoms with Gasteiger partial charge in [-0.05, 0) is 32.9 Å². The highest BCUT2D eigenvalue weighted by Crippen LogP contribution is 2.27. The summed E-state index contributed by atoms with van der Waals surface area (Å²) in [4.78, 5) is 39.7. The third-order valence-electron chi connectivity index (χ3n) is 2.69. The third kappa shape index (κ3) is 2.16. The van der Waals surface area contributed by atoms with Crippen molar-refractivity contribution in [3.8, 4) is 0 Å². The van der Waals surface area contributed by atoms with E-state index in [2.05, 4.69) is 4.98 Å². The monoisotopic (exact) mass is 249 g/mol. The molecule has 0 aliphatic heterocycles. The smallest absolute Gasteiger partial charge is 0.333 e. The number of rotatable bonds is 5. The van der Waals surface area contributed by atoms with E-state index in [1.807, 2.05) is 0 Å². The summed E-state index contributed by atoms with van der Waals surface area (Å²) in [5.41, 5.74) is -1.85. The van der Waals surface area contributed by atoms with Gasteiger partial charge in [0.2, 0.25) is 5.41 Å². The van der Waals surface area contributed by atoms with Gasteiger partial charge in [-0.15, -0.1) is 0 Å². The average molecular weight is 249 g/mol. The molecule has 0 amide bonds. The zero-order valence-electron chi connectivity index (χ0n) is 10.6. The number of hydrogen-bond acceptors (Lipinski definition) is 5. The van der Waals surface area contributed by atoms with Crippen LogP contribution in [0.1, 0.15) is 26.5 Å². The van der Waals surface area contributed by atoms with E-state index in [1.54, 1.807) is 19.1 Å². The van der Waals surface area contributed by atoms with Gasteiger partial charge in [-0.2, -0.15) is 0 Å². The Morgan fingerprint density at radius 2 is 1.83 bits per heavy atom. The molecule has 0 bridgehead atoms. The molecule has 1 aromatic rings. The van der Waals surface area contributed by atoms with Gasteiger partial charge < -0.3 is 4.74 Å². The number of carbonyl (C=O) groups is 3. The van der Waals surface area contributed by atoms with Gasteiger partial charge in [0, 0.05) is 6.20 Å². The molecule has 0 saturated carbocycles. The van der Waals surface area contributed by atoms with E-state index in [0.717, 1.165) is 0 Å². The summed E-state index contributed by atoms with van der Waals surface area (Å²) < 4.78 is 4.86. The Bertz CT molecular complexity index is 453. The number of ether oxygens (including phenoxy) is 1. The molecule has 18 heavy (non-hydrogen) atoms. The summed E-state index contributed by atoms with van der Waals surface area (Å²) in [7, 11) is 0. The Labute approximate surface area is 105 Å². The first-order chi connectivity index (χ1) is 8.47. The number of hydrogen-bond donors (Lipinski definition) is 0. The van der Waals surface area contributed by atoms with Crippen molar-refractivity contribution in [1.29, 1.82) is 0 Å². The SMILES string of the molecule is CCOC(=O)C(C(C)=O)(C(C)=O)c1ccccn1. The van der Waals surface area contributed by atoms with Gasteiger partial charge in [-0.1, -0.05) is 6.07 Å². The Hall–Kier alpha value is -2.04. The van der Waals surface area contributed by atoms with Gasteiger partial charge in [0.05, 0.1) is 12.3 Å². The van der Waals surface area contributed by atoms with E-state index in [9.17, 15) is 14.4 Å². The van der Waals surface area contributed by atoms with Crippen molar-refractivity contribution in [2.24, 2.45) is 0 Å². The maximum absolute atomic E-state index is 12.0. The number of pyridine rings is 1. The molecule has 5 heteroatoms. The van der Waals surface area contributed by atoms with Crippen LogP contribution in [-0.4, -0.2) is 29.1 Å². The van der Waals surface area contributed by atoms with Gasteiger partial charge in [0.25, 0.3) is 0 Å². The van der Waals surface area contributed by atoms with Crippen LogP contribution in [0.3, 0.4) is 0 Å². The normalized spacial score (nSPS) is 10.8. The first-order valence-electron chi connectivity index (χ1n) is 5.58. The Balaban J connectivity index is 3.46. The fraction of sp³-hybridized carbons (Fsp3) is 0.385. The lowest BCUT2D eigenvalue weighted by molar-refractivity contribution is -0.157. The van der Waals surface area contributed by atoms with E-state index in [-0.39, 0.29) is 12.3 Å². The number of aromatic nitrogens is 1. The Morgan fingerprint density at radius 1 is 1.22 bits per heavy atom. The van der Waals surface area contributed by atoms with E-state index in [1.165, 1.54) is 26.1 Å². The van der Waals surface area contributed by atoms with E-state index >= 15 is 0 Å². The molecule has 0 N–H and O–H groups in total. The molecule has 0 saturated heterocycles.